The molecular weight excluding hydrogens is 367 g/mol. The van der Waals surface area contributed by atoms with E-state index in [0.29, 0.717) is 19.8 Å². The van der Waals surface area contributed by atoms with E-state index < -0.39 is 23.7 Å². The van der Waals surface area contributed by atoms with E-state index in [-0.39, 0.29) is 5.25 Å². The Kier molecular flexibility index (Phi) is 7.26. The molecular formula is C21H23FO4S. The Labute approximate surface area is 163 Å². The number of rotatable bonds is 8. The average Bonchev–Trinajstić information content (AvgIpc) is 2.96. The van der Waals surface area contributed by atoms with Crippen LogP contribution in [0.25, 0.3) is 0 Å². The summed E-state index contributed by atoms with van der Waals surface area (Å²) in [6, 6.07) is 19.4. The van der Waals surface area contributed by atoms with Crippen LogP contribution >= 0.6 is 11.8 Å². The van der Waals surface area contributed by atoms with E-state index >= 15 is 0 Å². The number of benzene rings is 2. The van der Waals surface area contributed by atoms with Gasteiger partial charge in [0.15, 0.2) is 11.6 Å². The van der Waals surface area contributed by atoms with Crippen LogP contribution in [0.1, 0.15) is 18.1 Å². The zero-order valence-electron chi connectivity index (χ0n) is 15.1. The third-order valence-corrected chi connectivity index (χ3v) is 5.59. The zero-order valence-corrected chi connectivity index (χ0v) is 15.9. The molecule has 1 aliphatic heterocycles. The third kappa shape index (κ3) is 5.79. The van der Waals surface area contributed by atoms with Crippen molar-refractivity contribution < 1.29 is 23.4 Å². The van der Waals surface area contributed by atoms with Gasteiger partial charge in [0, 0.05) is 6.92 Å². The average molecular weight is 390 g/mol. The third-order valence-electron chi connectivity index (χ3n) is 4.21. The Balaban J connectivity index is 1.59. The lowest BCUT2D eigenvalue weighted by molar-refractivity contribution is -0.146. The lowest BCUT2D eigenvalue weighted by Gasteiger charge is -2.20. The SMILES string of the molecule is CC(=O)OC1SC(COCc2ccccc2)C(OCc2ccccc2)C1F. The standard InChI is InChI=1S/C21H23FO4S/c1-15(23)26-21-19(22)20(25-13-17-10-6-3-7-11-17)18(27-21)14-24-12-16-8-4-2-5-9-16/h2-11,18-21H,12-14H2,1H3. The highest BCUT2D eigenvalue weighted by atomic mass is 32.2. The van der Waals surface area contributed by atoms with E-state index in [0.717, 1.165) is 11.1 Å². The maximum atomic E-state index is 14.8. The normalized spacial score (nSPS) is 24.7. The molecule has 1 fully saturated rings. The van der Waals surface area contributed by atoms with Crippen molar-refractivity contribution in [3.63, 3.8) is 0 Å². The quantitative estimate of drug-likeness (QED) is 0.634. The number of carbonyl (C=O) groups is 1. The fraction of sp³-hybridized carbons (Fsp3) is 0.381. The first-order valence-electron chi connectivity index (χ1n) is 8.87. The highest BCUT2D eigenvalue weighted by Crippen LogP contribution is 2.39. The number of ether oxygens (including phenoxy) is 3. The summed E-state index contributed by atoms with van der Waals surface area (Å²) in [7, 11) is 0. The minimum atomic E-state index is -1.40. The van der Waals surface area contributed by atoms with Crippen molar-refractivity contribution in [3.05, 3.63) is 71.8 Å². The summed E-state index contributed by atoms with van der Waals surface area (Å²) in [4.78, 5) is 11.3. The van der Waals surface area contributed by atoms with Crippen molar-refractivity contribution in [1.82, 2.24) is 0 Å². The summed E-state index contributed by atoms with van der Waals surface area (Å²) in [5.41, 5.74) is 1.15. The molecule has 0 bridgehead atoms. The summed E-state index contributed by atoms with van der Waals surface area (Å²) in [5, 5.41) is -0.253. The molecule has 6 heteroatoms. The molecule has 0 amide bonds. The Hall–Kier alpha value is -1.89. The van der Waals surface area contributed by atoms with E-state index in [4.69, 9.17) is 14.2 Å². The monoisotopic (exact) mass is 390 g/mol. The lowest BCUT2D eigenvalue weighted by Crippen LogP contribution is -2.35. The zero-order chi connectivity index (χ0) is 19.1. The Bertz CT molecular complexity index is 713. The second-order valence-corrected chi connectivity index (χ2v) is 7.70. The fourth-order valence-electron chi connectivity index (χ4n) is 2.91. The highest BCUT2D eigenvalue weighted by Gasteiger charge is 2.47. The van der Waals surface area contributed by atoms with Gasteiger partial charge in [-0.3, -0.25) is 4.79 Å². The maximum absolute atomic E-state index is 14.8. The van der Waals surface area contributed by atoms with E-state index in [1.54, 1.807) is 0 Å². The molecule has 0 aliphatic carbocycles. The van der Waals surface area contributed by atoms with E-state index in [1.807, 2.05) is 60.7 Å². The second kappa shape index (κ2) is 9.88. The molecule has 0 radical (unpaired) electrons. The van der Waals surface area contributed by atoms with Crippen LogP contribution in [0.5, 0.6) is 0 Å². The molecule has 4 nitrogen and oxygen atoms in total. The van der Waals surface area contributed by atoms with Gasteiger partial charge in [-0.25, -0.2) is 4.39 Å². The molecule has 1 heterocycles. The molecule has 1 aliphatic rings. The second-order valence-electron chi connectivity index (χ2n) is 6.36. The lowest BCUT2D eigenvalue weighted by atomic mass is 10.1. The summed E-state index contributed by atoms with van der Waals surface area (Å²) in [6.07, 6.45) is -2.09. The molecule has 0 aromatic heterocycles. The maximum Gasteiger partial charge on any atom is 0.303 e. The Morgan fingerprint density at radius 1 is 1.00 bits per heavy atom. The van der Waals surface area contributed by atoms with Gasteiger partial charge >= 0.3 is 5.97 Å². The van der Waals surface area contributed by atoms with Crippen LogP contribution in [0.3, 0.4) is 0 Å². The van der Waals surface area contributed by atoms with Crippen LogP contribution < -0.4 is 0 Å². The van der Waals surface area contributed by atoms with Crippen molar-refractivity contribution in [1.29, 1.82) is 0 Å². The Morgan fingerprint density at radius 3 is 2.19 bits per heavy atom. The minimum Gasteiger partial charge on any atom is -0.448 e. The van der Waals surface area contributed by atoms with Gasteiger partial charge in [-0.1, -0.05) is 60.7 Å². The summed E-state index contributed by atoms with van der Waals surface area (Å²) >= 11 is 1.26. The van der Waals surface area contributed by atoms with Crippen LogP contribution in [0, 0.1) is 0 Å². The molecule has 1 saturated heterocycles. The number of esters is 1. The van der Waals surface area contributed by atoms with Gasteiger partial charge in [0.2, 0.25) is 0 Å². The molecule has 144 valence electrons. The van der Waals surface area contributed by atoms with Gasteiger partial charge in [-0.2, -0.15) is 0 Å². The topological polar surface area (TPSA) is 44.8 Å². The van der Waals surface area contributed by atoms with Gasteiger partial charge in [-0.15, -0.1) is 11.8 Å². The molecule has 2 aromatic rings. The molecule has 0 spiro atoms. The molecule has 0 N–H and O–H groups in total. The van der Waals surface area contributed by atoms with Crippen molar-refractivity contribution in [2.75, 3.05) is 6.61 Å². The first kappa shape index (κ1) is 19.9. The molecule has 3 rings (SSSR count). The molecule has 0 saturated carbocycles. The fourth-order valence-corrected chi connectivity index (χ4v) is 4.31. The largest absolute Gasteiger partial charge is 0.448 e. The number of alkyl halides is 1. The van der Waals surface area contributed by atoms with Crippen LogP contribution in [0.2, 0.25) is 0 Å². The number of halogens is 1. The van der Waals surface area contributed by atoms with Crippen LogP contribution in [-0.4, -0.2) is 35.5 Å². The van der Waals surface area contributed by atoms with E-state index in [2.05, 4.69) is 0 Å². The summed E-state index contributed by atoms with van der Waals surface area (Å²) in [5.74, 6) is -0.497. The van der Waals surface area contributed by atoms with Crippen molar-refractivity contribution in [2.24, 2.45) is 0 Å². The first-order chi connectivity index (χ1) is 13.1. The number of thioether (sulfide) groups is 1. The van der Waals surface area contributed by atoms with E-state index in [1.165, 1.54) is 18.7 Å². The molecule has 2 aromatic carbocycles. The van der Waals surface area contributed by atoms with Crippen LogP contribution in [0.15, 0.2) is 60.7 Å². The van der Waals surface area contributed by atoms with Gasteiger partial charge in [-0.05, 0) is 11.1 Å². The summed E-state index contributed by atoms with van der Waals surface area (Å²) in [6.45, 7) is 2.34. The predicted octanol–water partition coefficient (Wildman–Crippen LogP) is 4.13. The number of hydrogen-bond donors (Lipinski definition) is 0. The highest BCUT2D eigenvalue weighted by molar-refractivity contribution is 8.00. The minimum absolute atomic E-state index is 0.253. The number of carbonyl (C=O) groups excluding carboxylic acids is 1. The van der Waals surface area contributed by atoms with Gasteiger partial charge in [0.05, 0.1) is 25.1 Å². The molecule has 4 unspecified atom stereocenters. The smallest absolute Gasteiger partial charge is 0.303 e. The predicted molar refractivity (Wildman–Crippen MR) is 103 cm³/mol. The molecule has 27 heavy (non-hydrogen) atoms. The Morgan fingerprint density at radius 2 is 1.59 bits per heavy atom. The van der Waals surface area contributed by atoms with Gasteiger partial charge in [0.1, 0.15) is 6.10 Å². The van der Waals surface area contributed by atoms with Crippen molar-refractivity contribution in [3.8, 4) is 0 Å². The number of hydrogen-bond acceptors (Lipinski definition) is 5. The summed E-state index contributed by atoms with van der Waals surface area (Å²) < 4.78 is 31.6. The van der Waals surface area contributed by atoms with Crippen LogP contribution in [0.4, 0.5) is 4.39 Å². The van der Waals surface area contributed by atoms with Gasteiger partial charge in [0.25, 0.3) is 0 Å². The van der Waals surface area contributed by atoms with E-state index in [9.17, 15) is 9.18 Å². The van der Waals surface area contributed by atoms with Crippen molar-refractivity contribution in [2.45, 2.75) is 43.1 Å². The van der Waals surface area contributed by atoms with Gasteiger partial charge < -0.3 is 14.2 Å². The van der Waals surface area contributed by atoms with Crippen LogP contribution in [-0.2, 0) is 32.2 Å². The first-order valence-corrected chi connectivity index (χ1v) is 9.81. The molecule has 4 atom stereocenters. The van der Waals surface area contributed by atoms with Crippen molar-refractivity contribution >= 4 is 17.7 Å².